The number of hydrogen-bond acceptors (Lipinski definition) is 7. The molecule has 2 aromatic rings. The third kappa shape index (κ3) is 3.88. The standard InChI is InChI=1S/C20H23N5O3S/c1-20(2,21)15-10-29-19(23-15)22-8-11-3-4-13-12(7-11)9-25(18(13)28)14-5-6-16(26)24-17(14)27/h3-4,7,10,14H,5-6,8-9,21H2,1-2H3,(H,22,23)(H,24,26,27). The SMILES string of the molecule is CC(C)(N)c1csc(NCc2ccc3c(c2)CN(C2CCC(=O)NC2=O)C3=O)n1. The summed E-state index contributed by atoms with van der Waals surface area (Å²) < 4.78 is 0. The zero-order chi connectivity index (χ0) is 20.8. The zero-order valence-corrected chi connectivity index (χ0v) is 17.1. The molecule has 3 heterocycles. The van der Waals surface area contributed by atoms with Gasteiger partial charge in [0.2, 0.25) is 11.8 Å². The van der Waals surface area contributed by atoms with Crippen LogP contribution in [-0.4, -0.2) is 33.6 Å². The fourth-order valence-corrected chi connectivity index (χ4v) is 4.45. The minimum atomic E-state index is -0.595. The number of carbonyl (C=O) groups excluding carboxylic acids is 3. The Morgan fingerprint density at radius 1 is 1.34 bits per heavy atom. The van der Waals surface area contributed by atoms with E-state index in [1.54, 1.807) is 11.0 Å². The van der Waals surface area contributed by atoms with Gasteiger partial charge in [-0.2, -0.15) is 0 Å². The lowest BCUT2D eigenvalue weighted by atomic mass is 10.0. The van der Waals surface area contributed by atoms with Crippen LogP contribution in [0.2, 0.25) is 0 Å². The number of carbonyl (C=O) groups is 3. The van der Waals surface area contributed by atoms with E-state index in [9.17, 15) is 14.4 Å². The highest BCUT2D eigenvalue weighted by atomic mass is 32.1. The molecule has 0 aliphatic carbocycles. The number of nitrogens with zero attached hydrogens (tertiary/aromatic N) is 2. The summed E-state index contributed by atoms with van der Waals surface area (Å²) in [6, 6.07) is 5.09. The van der Waals surface area contributed by atoms with Crippen molar-refractivity contribution in [2.75, 3.05) is 5.32 Å². The third-order valence-electron chi connectivity index (χ3n) is 5.20. The number of rotatable bonds is 5. The summed E-state index contributed by atoms with van der Waals surface area (Å²) in [5.74, 6) is -0.845. The minimum Gasteiger partial charge on any atom is -0.357 e. The van der Waals surface area contributed by atoms with Crippen LogP contribution in [0.4, 0.5) is 5.13 Å². The molecule has 1 saturated heterocycles. The van der Waals surface area contributed by atoms with E-state index in [0.717, 1.165) is 22.0 Å². The van der Waals surface area contributed by atoms with Crippen molar-refractivity contribution in [2.45, 2.75) is 51.4 Å². The summed E-state index contributed by atoms with van der Waals surface area (Å²) in [6.45, 7) is 4.77. The summed E-state index contributed by atoms with van der Waals surface area (Å²) in [7, 11) is 0. The summed E-state index contributed by atoms with van der Waals surface area (Å²) in [5.41, 5.74) is 8.95. The molecule has 1 atom stereocenters. The Kier molecular flexibility index (Phi) is 4.87. The van der Waals surface area contributed by atoms with E-state index in [1.165, 1.54) is 11.3 Å². The molecule has 0 radical (unpaired) electrons. The smallest absolute Gasteiger partial charge is 0.255 e. The fourth-order valence-electron chi connectivity index (χ4n) is 3.57. The number of imide groups is 1. The van der Waals surface area contributed by atoms with Gasteiger partial charge in [0.1, 0.15) is 6.04 Å². The second-order valence-electron chi connectivity index (χ2n) is 8.00. The number of nitrogens with one attached hydrogen (secondary N) is 2. The van der Waals surface area contributed by atoms with E-state index >= 15 is 0 Å². The van der Waals surface area contributed by atoms with Gasteiger partial charge < -0.3 is 16.0 Å². The number of benzene rings is 1. The highest BCUT2D eigenvalue weighted by Gasteiger charge is 2.39. The Bertz CT molecular complexity index is 994. The van der Waals surface area contributed by atoms with Gasteiger partial charge in [0, 0.05) is 30.5 Å². The highest BCUT2D eigenvalue weighted by molar-refractivity contribution is 7.13. The van der Waals surface area contributed by atoms with Crippen LogP contribution in [-0.2, 0) is 28.2 Å². The Hall–Kier alpha value is -2.78. The molecule has 0 saturated carbocycles. The molecule has 29 heavy (non-hydrogen) atoms. The predicted molar refractivity (Wildman–Crippen MR) is 109 cm³/mol. The first kappa shape index (κ1) is 19.5. The Morgan fingerprint density at radius 3 is 2.83 bits per heavy atom. The first-order chi connectivity index (χ1) is 13.7. The number of anilines is 1. The first-order valence-corrected chi connectivity index (χ1v) is 10.4. The predicted octanol–water partition coefficient (Wildman–Crippen LogP) is 1.71. The minimum absolute atomic E-state index is 0.163. The average molecular weight is 414 g/mol. The molecule has 9 heteroatoms. The Morgan fingerprint density at radius 2 is 2.14 bits per heavy atom. The van der Waals surface area contributed by atoms with Crippen LogP contribution < -0.4 is 16.4 Å². The van der Waals surface area contributed by atoms with E-state index in [0.29, 0.717) is 25.1 Å². The van der Waals surface area contributed by atoms with Gasteiger partial charge in [-0.15, -0.1) is 11.3 Å². The average Bonchev–Trinajstić information content (AvgIpc) is 3.25. The lowest BCUT2D eigenvalue weighted by Crippen LogP contribution is -2.52. The Labute approximate surface area is 172 Å². The molecule has 1 fully saturated rings. The quantitative estimate of drug-likeness (QED) is 0.643. The van der Waals surface area contributed by atoms with Crippen LogP contribution in [0.15, 0.2) is 23.6 Å². The number of hydrogen-bond donors (Lipinski definition) is 3. The van der Waals surface area contributed by atoms with Gasteiger partial charge in [-0.3, -0.25) is 19.7 Å². The van der Waals surface area contributed by atoms with E-state index in [-0.39, 0.29) is 18.2 Å². The van der Waals surface area contributed by atoms with Crippen molar-refractivity contribution in [1.82, 2.24) is 15.2 Å². The Balaban J connectivity index is 1.44. The molecule has 1 aromatic heterocycles. The van der Waals surface area contributed by atoms with Crippen molar-refractivity contribution < 1.29 is 14.4 Å². The van der Waals surface area contributed by atoms with Crippen molar-refractivity contribution in [1.29, 1.82) is 0 Å². The van der Waals surface area contributed by atoms with Crippen LogP contribution in [0.1, 0.15) is 53.9 Å². The van der Waals surface area contributed by atoms with E-state index < -0.39 is 17.5 Å². The summed E-state index contributed by atoms with van der Waals surface area (Å²) in [4.78, 5) is 42.3. The second kappa shape index (κ2) is 7.23. The zero-order valence-electron chi connectivity index (χ0n) is 16.3. The van der Waals surface area contributed by atoms with Crippen molar-refractivity contribution in [3.8, 4) is 0 Å². The summed E-state index contributed by atoms with van der Waals surface area (Å²) in [5, 5.41) is 8.35. The lowest BCUT2D eigenvalue weighted by Gasteiger charge is -2.29. The molecule has 0 bridgehead atoms. The van der Waals surface area contributed by atoms with Gasteiger partial charge in [-0.25, -0.2) is 4.98 Å². The molecule has 8 nitrogen and oxygen atoms in total. The van der Waals surface area contributed by atoms with Crippen molar-refractivity contribution in [3.05, 3.63) is 46.0 Å². The van der Waals surface area contributed by atoms with Crippen LogP contribution >= 0.6 is 11.3 Å². The lowest BCUT2D eigenvalue weighted by molar-refractivity contribution is -0.136. The maximum Gasteiger partial charge on any atom is 0.255 e. The normalized spacial score (nSPS) is 19.3. The molecule has 4 rings (SSSR count). The van der Waals surface area contributed by atoms with Gasteiger partial charge in [0.15, 0.2) is 5.13 Å². The van der Waals surface area contributed by atoms with Crippen LogP contribution in [0.25, 0.3) is 0 Å². The second-order valence-corrected chi connectivity index (χ2v) is 8.86. The van der Waals surface area contributed by atoms with Gasteiger partial charge in [0.05, 0.1) is 11.2 Å². The fraction of sp³-hybridized carbons (Fsp3) is 0.400. The molecule has 1 aromatic carbocycles. The number of piperidine rings is 1. The van der Waals surface area contributed by atoms with Crippen LogP contribution in [0.5, 0.6) is 0 Å². The van der Waals surface area contributed by atoms with Crippen molar-refractivity contribution >= 4 is 34.2 Å². The number of fused-ring (bicyclic) bond motifs is 1. The first-order valence-electron chi connectivity index (χ1n) is 9.47. The monoisotopic (exact) mass is 413 g/mol. The molecule has 4 N–H and O–H groups in total. The van der Waals surface area contributed by atoms with E-state index in [1.807, 2.05) is 31.4 Å². The molecular formula is C20H23N5O3S. The molecule has 1 unspecified atom stereocenters. The number of amides is 3. The van der Waals surface area contributed by atoms with Crippen molar-refractivity contribution in [3.63, 3.8) is 0 Å². The largest absolute Gasteiger partial charge is 0.357 e. The summed E-state index contributed by atoms with van der Waals surface area (Å²) >= 11 is 1.50. The molecule has 0 spiro atoms. The van der Waals surface area contributed by atoms with Gasteiger partial charge in [-0.05, 0) is 37.5 Å². The maximum absolute atomic E-state index is 12.7. The maximum atomic E-state index is 12.7. The van der Waals surface area contributed by atoms with Gasteiger partial charge in [0.25, 0.3) is 5.91 Å². The van der Waals surface area contributed by atoms with Crippen LogP contribution in [0, 0.1) is 0 Å². The topological polar surface area (TPSA) is 117 Å². The number of nitrogens with two attached hydrogens (primary N) is 1. The van der Waals surface area contributed by atoms with Gasteiger partial charge in [-0.1, -0.05) is 12.1 Å². The molecular weight excluding hydrogens is 390 g/mol. The van der Waals surface area contributed by atoms with Crippen LogP contribution in [0.3, 0.4) is 0 Å². The molecule has 3 amide bonds. The van der Waals surface area contributed by atoms with Crippen molar-refractivity contribution in [2.24, 2.45) is 5.73 Å². The molecule has 152 valence electrons. The summed E-state index contributed by atoms with van der Waals surface area (Å²) in [6.07, 6.45) is 0.615. The van der Waals surface area contributed by atoms with E-state index in [4.69, 9.17) is 5.73 Å². The molecule has 2 aliphatic heterocycles. The number of thiazole rings is 1. The highest BCUT2D eigenvalue weighted by Crippen LogP contribution is 2.29. The van der Waals surface area contributed by atoms with Gasteiger partial charge >= 0.3 is 0 Å². The molecule has 2 aliphatic rings. The van der Waals surface area contributed by atoms with E-state index in [2.05, 4.69) is 15.6 Å². The third-order valence-corrected chi connectivity index (χ3v) is 6.00. The number of aromatic nitrogens is 1.